The molecule has 2 unspecified atom stereocenters. The Morgan fingerprint density at radius 2 is 2.10 bits per heavy atom. The van der Waals surface area contributed by atoms with Gasteiger partial charge in [-0.3, -0.25) is 14.7 Å². The lowest BCUT2D eigenvalue weighted by molar-refractivity contribution is -0.869. The zero-order valence-corrected chi connectivity index (χ0v) is 19.9. The fourth-order valence-corrected chi connectivity index (χ4v) is 4.41. The first kappa shape index (κ1) is 22.9. The molecule has 30 heavy (non-hydrogen) atoms. The van der Waals surface area contributed by atoms with E-state index in [0.717, 1.165) is 30.2 Å². The number of piperazine rings is 1. The van der Waals surface area contributed by atoms with Crippen LogP contribution in [0.1, 0.15) is 20.3 Å². The summed E-state index contributed by atoms with van der Waals surface area (Å²) in [6.45, 7) is 6.32. The van der Waals surface area contributed by atoms with Crippen LogP contribution in [-0.4, -0.2) is 42.3 Å². The van der Waals surface area contributed by atoms with Gasteiger partial charge in [0.05, 0.1) is 46.4 Å². The van der Waals surface area contributed by atoms with E-state index in [2.05, 4.69) is 57.0 Å². The van der Waals surface area contributed by atoms with Crippen LogP contribution in [0.2, 0.25) is 5.02 Å². The van der Waals surface area contributed by atoms with Gasteiger partial charge in [-0.25, -0.2) is 4.99 Å². The van der Waals surface area contributed by atoms with E-state index in [4.69, 9.17) is 11.6 Å². The van der Waals surface area contributed by atoms with Crippen LogP contribution in [0.5, 0.6) is 0 Å². The molecule has 1 aliphatic rings. The second-order valence-electron chi connectivity index (χ2n) is 7.45. The van der Waals surface area contributed by atoms with Gasteiger partial charge >= 0.3 is 0 Å². The van der Waals surface area contributed by atoms with Crippen molar-refractivity contribution in [1.29, 1.82) is 0 Å². The van der Waals surface area contributed by atoms with Crippen molar-refractivity contribution in [3.05, 3.63) is 57.5 Å². The number of quaternary nitrogens is 1. The van der Waals surface area contributed by atoms with Gasteiger partial charge in [0.25, 0.3) is 0 Å². The first-order valence-corrected chi connectivity index (χ1v) is 11.5. The maximum atomic E-state index is 12.4. The number of halogens is 2. The van der Waals surface area contributed by atoms with E-state index in [1.165, 1.54) is 4.90 Å². The zero-order chi connectivity index (χ0) is 21.5. The topological polar surface area (TPSA) is 70.8 Å². The summed E-state index contributed by atoms with van der Waals surface area (Å²) < 4.78 is 1.99. The highest BCUT2D eigenvalue weighted by Gasteiger charge is 2.26. The molecule has 2 heterocycles. The highest BCUT2D eigenvalue weighted by Crippen LogP contribution is 2.29. The SMILES string of the molecule is CC1C[NH+](C(=CI)N=CCC(=O)Nc2ccc(Cl)c(-c3ccccn3)c2)CC(C)N1. The molecule has 1 amide bonds. The smallest absolute Gasteiger partial charge is 0.231 e. The number of anilines is 1. The zero-order valence-electron chi connectivity index (χ0n) is 17.0. The number of aromatic nitrogens is 1. The van der Waals surface area contributed by atoms with Gasteiger partial charge < -0.3 is 10.6 Å². The number of aliphatic imine (C=N–C) groups is 1. The first-order chi connectivity index (χ1) is 14.5. The average Bonchev–Trinajstić information content (AvgIpc) is 2.72. The molecule has 1 aromatic heterocycles. The summed E-state index contributed by atoms with van der Waals surface area (Å²) in [4.78, 5) is 22.6. The molecule has 2 aromatic rings. The van der Waals surface area contributed by atoms with E-state index in [9.17, 15) is 4.79 Å². The lowest BCUT2D eigenvalue weighted by Crippen LogP contribution is -3.14. The maximum Gasteiger partial charge on any atom is 0.231 e. The fourth-order valence-electron chi connectivity index (χ4n) is 3.59. The summed E-state index contributed by atoms with van der Waals surface area (Å²) in [6, 6.07) is 11.9. The molecule has 8 heteroatoms. The third-order valence-corrected chi connectivity index (χ3v) is 5.76. The lowest BCUT2D eigenvalue weighted by atomic mass is 10.1. The van der Waals surface area contributed by atoms with Gasteiger partial charge in [-0.1, -0.05) is 17.7 Å². The molecule has 1 saturated heterocycles. The van der Waals surface area contributed by atoms with Crippen molar-refractivity contribution in [2.24, 2.45) is 4.99 Å². The van der Waals surface area contributed by atoms with Crippen molar-refractivity contribution in [2.75, 3.05) is 18.4 Å². The van der Waals surface area contributed by atoms with Crippen molar-refractivity contribution < 1.29 is 9.69 Å². The van der Waals surface area contributed by atoms with Crippen LogP contribution in [0, 0.1) is 0 Å². The Morgan fingerprint density at radius 3 is 2.77 bits per heavy atom. The Balaban J connectivity index is 1.60. The normalized spacial score (nSPS) is 22.3. The number of nitrogens with one attached hydrogen (secondary N) is 3. The van der Waals surface area contributed by atoms with E-state index in [-0.39, 0.29) is 12.3 Å². The molecule has 6 nitrogen and oxygen atoms in total. The summed E-state index contributed by atoms with van der Waals surface area (Å²) in [5.74, 6) is 0.838. The molecular formula is C22H26ClIN5O+. The molecule has 158 valence electrons. The Labute approximate surface area is 196 Å². The number of amides is 1. The molecule has 1 aliphatic heterocycles. The van der Waals surface area contributed by atoms with Gasteiger partial charge in [-0.05, 0) is 66.8 Å². The second-order valence-corrected chi connectivity index (χ2v) is 8.48. The molecule has 1 aromatic carbocycles. The summed E-state index contributed by atoms with van der Waals surface area (Å²) >= 11 is 8.53. The van der Waals surface area contributed by atoms with E-state index < -0.39 is 0 Å². The van der Waals surface area contributed by atoms with Crippen LogP contribution >= 0.6 is 34.2 Å². The van der Waals surface area contributed by atoms with Crippen molar-refractivity contribution in [1.82, 2.24) is 10.3 Å². The van der Waals surface area contributed by atoms with Gasteiger partial charge in [0.1, 0.15) is 0 Å². The predicted octanol–water partition coefficient (Wildman–Crippen LogP) is 3.30. The van der Waals surface area contributed by atoms with Gasteiger partial charge in [0.15, 0.2) is 0 Å². The standard InChI is InChI=1S/C22H25ClIN5O/c1-15-13-29(14-16(2)27-15)21(12-24)26-10-8-22(30)28-17-6-7-19(23)18(11-17)20-5-3-4-9-25-20/h3-7,9-12,15-16,27H,8,13-14H2,1-2H3,(H,28,30)/p+1. The summed E-state index contributed by atoms with van der Waals surface area (Å²) in [7, 11) is 0. The minimum Gasteiger partial charge on any atom is -0.326 e. The Hall–Kier alpha value is -1.81. The number of benzene rings is 1. The second kappa shape index (κ2) is 11.0. The monoisotopic (exact) mass is 538 g/mol. The molecule has 0 saturated carbocycles. The van der Waals surface area contributed by atoms with Crippen molar-refractivity contribution in [3.63, 3.8) is 0 Å². The number of pyridine rings is 1. The summed E-state index contributed by atoms with van der Waals surface area (Å²) in [5.41, 5.74) is 2.22. The molecule has 0 radical (unpaired) electrons. The van der Waals surface area contributed by atoms with Crippen molar-refractivity contribution >= 4 is 52.0 Å². The minimum atomic E-state index is -0.127. The van der Waals surface area contributed by atoms with Crippen LogP contribution in [0.4, 0.5) is 5.69 Å². The average molecular weight is 539 g/mol. The first-order valence-electron chi connectivity index (χ1n) is 9.91. The number of rotatable bonds is 6. The number of carbonyl (C=O) groups is 1. The quantitative estimate of drug-likeness (QED) is 0.391. The fraction of sp³-hybridized carbons (Fsp3) is 0.318. The number of nitrogens with zero attached hydrogens (tertiary/aromatic N) is 2. The van der Waals surface area contributed by atoms with Gasteiger partial charge in [0, 0.05) is 23.7 Å². The van der Waals surface area contributed by atoms with Crippen LogP contribution in [0.15, 0.2) is 57.5 Å². The van der Waals surface area contributed by atoms with Crippen LogP contribution in [0.25, 0.3) is 11.3 Å². The summed E-state index contributed by atoms with van der Waals surface area (Å²) in [6.07, 6.45) is 3.60. The molecule has 2 atom stereocenters. The van der Waals surface area contributed by atoms with Gasteiger partial charge in [-0.15, -0.1) is 0 Å². The van der Waals surface area contributed by atoms with Crippen LogP contribution in [-0.2, 0) is 4.79 Å². The number of hydrogen-bond acceptors (Lipinski definition) is 4. The number of carbonyl (C=O) groups excluding carboxylic acids is 1. The van der Waals surface area contributed by atoms with Gasteiger partial charge in [0.2, 0.25) is 11.7 Å². The van der Waals surface area contributed by atoms with Crippen molar-refractivity contribution in [2.45, 2.75) is 32.4 Å². The Morgan fingerprint density at radius 1 is 1.33 bits per heavy atom. The Bertz CT molecular complexity index is 924. The Kier molecular flexibility index (Phi) is 8.38. The predicted molar refractivity (Wildman–Crippen MR) is 131 cm³/mol. The van der Waals surface area contributed by atoms with E-state index in [1.54, 1.807) is 24.5 Å². The third-order valence-electron chi connectivity index (χ3n) is 4.84. The molecule has 3 N–H and O–H groups in total. The summed E-state index contributed by atoms with van der Waals surface area (Å²) in [5, 5.41) is 7.03. The molecule has 1 fully saturated rings. The molecule has 0 spiro atoms. The van der Waals surface area contributed by atoms with E-state index in [1.807, 2.05) is 28.3 Å². The molecule has 0 bridgehead atoms. The maximum absolute atomic E-state index is 12.4. The van der Waals surface area contributed by atoms with Crippen LogP contribution in [0.3, 0.4) is 0 Å². The molecular weight excluding hydrogens is 513 g/mol. The number of hydrogen-bond donors (Lipinski definition) is 3. The third kappa shape index (κ3) is 6.34. The molecule has 3 rings (SSSR count). The lowest BCUT2D eigenvalue weighted by Gasteiger charge is -2.32. The minimum absolute atomic E-state index is 0.127. The van der Waals surface area contributed by atoms with Crippen LogP contribution < -0.4 is 15.5 Å². The van der Waals surface area contributed by atoms with Crippen molar-refractivity contribution in [3.8, 4) is 11.3 Å². The molecule has 0 aliphatic carbocycles. The van der Waals surface area contributed by atoms with E-state index in [0.29, 0.717) is 22.8 Å². The largest absolute Gasteiger partial charge is 0.326 e. The highest BCUT2D eigenvalue weighted by atomic mass is 127. The van der Waals surface area contributed by atoms with E-state index >= 15 is 0 Å². The van der Waals surface area contributed by atoms with Gasteiger partial charge in [-0.2, -0.15) is 0 Å². The highest BCUT2D eigenvalue weighted by molar-refractivity contribution is 14.1.